The molecule has 0 N–H and O–H groups in total. The third-order valence-corrected chi connectivity index (χ3v) is 10.3. The molecule has 0 fully saturated rings. The number of esters is 3. The molecule has 2 aromatic rings. The first-order valence-corrected chi connectivity index (χ1v) is 16.5. The van der Waals surface area contributed by atoms with Gasteiger partial charge < -0.3 is 18.8 Å². The minimum atomic E-state index is -4.41. The molecular formula is C35H43O9P. The van der Waals surface area contributed by atoms with Gasteiger partial charge in [0.15, 0.2) is 0 Å². The van der Waals surface area contributed by atoms with E-state index in [-0.39, 0.29) is 37.4 Å². The zero-order valence-corrected chi connectivity index (χ0v) is 28.1. The van der Waals surface area contributed by atoms with Crippen molar-refractivity contribution < 1.29 is 42.7 Å². The summed E-state index contributed by atoms with van der Waals surface area (Å²) in [4.78, 5) is 64.8. The van der Waals surface area contributed by atoms with Gasteiger partial charge >= 0.3 is 17.9 Å². The molecule has 0 saturated heterocycles. The highest BCUT2D eigenvalue weighted by Crippen LogP contribution is 2.54. The molecule has 242 valence electrons. The molecule has 0 spiro atoms. The van der Waals surface area contributed by atoms with Gasteiger partial charge in [-0.3, -0.25) is 14.4 Å². The number of ether oxygens (including phenoxy) is 3. The Morgan fingerprint density at radius 3 is 1.38 bits per heavy atom. The van der Waals surface area contributed by atoms with Crippen molar-refractivity contribution in [3.8, 4) is 0 Å². The Hall–Kier alpha value is -4.10. The van der Waals surface area contributed by atoms with E-state index in [2.05, 4.69) is 13.2 Å². The van der Waals surface area contributed by atoms with Crippen molar-refractivity contribution in [3.63, 3.8) is 0 Å². The maximum atomic E-state index is 14.7. The van der Waals surface area contributed by atoms with E-state index in [0.29, 0.717) is 22.3 Å². The van der Waals surface area contributed by atoms with Crippen LogP contribution in [0.25, 0.3) is 0 Å². The Kier molecular flexibility index (Phi) is 13.0. The molecule has 0 atom stereocenters. The molecule has 0 radical (unpaired) electrons. The second-order valence-corrected chi connectivity index (χ2v) is 14.2. The molecule has 0 aliphatic carbocycles. The fourth-order valence-corrected chi connectivity index (χ4v) is 7.76. The summed E-state index contributed by atoms with van der Waals surface area (Å²) in [5.74, 6) is -2.25. The van der Waals surface area contributed by atoms with Gasteiger partial charge in [-0.15, -0.1) is 0 Å². The summed E-state index contributed by atoms with van der Waals surface area (Å²) < 4.78 is 30.6. The molecule has 0 amide bonds. The maximum absolute atomic E-state index is 14.7. The second-order valence-electron chi connectivity index (χ2n) is 11.5. The van der Waals surface area contributed by atoms with Crippen LogP contribution < -0.4 is 0 Å². The summed E-state index contributed by atoms with van der Waals surface area (Å²) >= 11 is 0. The van der Waals surface area contributed by atoms with E-state index in [1.165, 1.54) is 0 Å². The first-order valence-electron chi connectivity index (χ1n) is 14.6. The standard InChI is InChI=1S/C35H43O9P/c1-10-28(36)42-19-35(12-3,20-43-29(37)11-2)21-44-30(38)13-14-45(41,33(39)31-24(6)15-22(4)16-25(31)7)34(40)32-26(8)17-23(5)18-27(32)9/h10-11,15-18H,1-2,12-14,19-21H2,3-9H3. The van der Waals surface area contributed by atoms with Gasteiger partial charge in [0.05, 0.1) is 11.8 Å². The summed E-state index contributed by atoms with van der Waals surface area (Å²) in [6.07, 6.45) is 1.19. The van der Waals surface area contributed by atoms with Crippen molar-refractivity contribution >= 4 is 36.1 Å². The van der Waals surface area contributed by atoms with E-state index in [1.54, 1.807) is 58.9 Å². The number of rotatable bonds is 16. The highest BCUT2D eigenvalue weighted by Gasteiger charge is 2.43. The SMILES string of the molecule is C=CC(=O)OCC(CC)(COC(=O)C=C)COC(=O)CCP(=O)(C(=O)c1c(C)cc(C)cc1C)C(=O)c1c(C)cc(C)cc1C. The third kappa shape index (κ3) is 9.21. The van der Waals surface area contributed by atoms with Gasteiger partial charge in [0.1, 0.15) is 19.8 Å². The average Bonchev–Trinajstić information content (AvgIpc) is 2.98. The molecule has 0 heterocycles. The van der Waals surface area contributed by atoms with E-state index in [9.17, 15) is 28.5 Å². The van der Waals surface area contributed by atoms with Crippen molar-refractivity contribution in [1.82, 2.24) is 0 Å². The van der Waals surface area contributed by atoms with Gasteiger partial charge in [0.25, 0.3) is 0 Å². The molecule has 45 heavy (non-hydrogen) atoms. The van der Waals surface area contributed by atoms with Crippen LogP contribution in [-0.2, 0) is 33.2 Å². The summed E-state index contributed by atoms with van der Waals surface area (Å²) in [6.45, 7) is 18.3. The largest absolute Gasteiger partial charge is 0.465 e. The van der Waals surface area contributed by atoms with Crippen molar-refractivity contribution in [3.05, 3.63) is 94.1 Å². The van der Waals surface area contributed by atoms with E-state index in [0.717, 1.165) is 23.3 Å². The molecule has 10 heteroatoms. The van der Waals surface area contributed by atoms with Crippen molar-refractivity contribution in [1.29, 1.82) is 0 Å². The number of carbonyl (C=O) groups is 5. The van der Waals surface area contributed by atoms with E-state index < -0.39 is 54.1 Å². The van der Waals surface area contributed by atoms with Crippen LogP contribution in [0.1, 0.15) is 73.9 Å². The van der Waals surface area contributed by atoms with Gasteiger partial charge in [0, 0.05) is 29.4 Å². The highest BCUT2D eigenvalue weighted by atomic mass is 31.2. The summed E-state index contributed by atoms with van der Waals surface area (Å²) in [5.41, 5.74) is 1.86. The van der Waals surface area contributed by atoms with Gasteiger partial charge in [-0.2, -0.15) is 0 Å². The lowest BCUT2D eigenvalue weighted by Gasteiger charge is -2.30. The van der Waals surface area contributed by atoms with E-state index >= 15 is 0 Å². The zero-order valence-electron chi connectivity index (χ0n) is 27.2. The molecular weight excluding hydrogens is 595 g/mol. The lowest BCUT2D eigenvalue weighted by Crippen LogP contribution is -2.39. The van der Waals surface area contributed by atoms with E-state index in [1.807, 2.05) is 13.8 Å². The number of benzene rings is 2. The molecule has 2 rings (SSSR count). The van der Waals surface area contributed by atoms with Crippen LogP contribution in [0.5, 0.6) is 0 Å². The van der Waals surface area contributed by atoms with Crippen LogP contribution in [0.4, 0.5) is 0 Å². The maximum Gasteiger partial charge on any atom is 0.330 e. The zero-order chi connectivity index (χ0) is 34.1. The van der Waals surface area contributed by atoms with Crippen LogP contribution in [0.3, 0.4) is 0 Å². The van der Waals surface area contributed by atoms with Crippen molar-refractivity contribution in [2.45, 2.75) is 61.3 Å². The van der Waals surface area contributed by atoms with Crippen LogP contribution in [0.2, 0.25) is 0 Å². The summed E-state index contributed by atoms with van der Waals surface area (Å²) in [6, 6.07) is 7.14. The monoisotopic (exact) mass is 638 g/mol. The van der Waals surface area contributed by atoms with Crippen molar-refractivity contribution in [2.75, 3.05) is 26.0 Å². The normalized spacial score (nSPS) is 11.4. The first kappa shape index (κ1) is 37.1. The molecule has 0 unspecified atom stereocenters. The number of carbonyl (C=O) groups excluding carboxylic acids is 5. The molecule has 9 nitrogen and oxygen atoms in total. The second kappa shape index (κ2) is 15.8. The minimum absolute atomic E-state index is 0.200. The predicted octanol–water partition coefficient (Wildman–Crippen LogP) is 6.67. The Bertz CT molecular complexity index is 1420. The minimum Gasteiger partial charge on any atom is -0.465 e. The Labute approximate surface area is 265 Å². The summed E-state index contributed by atoms with van der Waals surface area (Å²) in [7, 11) is -4.41. The smallest absolute Gasteiger partial charge is 0.330 e. The number of hydrogen-bond acceptors (Lipinski definition) is 9. The molecule has 0 aromatic heterocycles. The fourth-order valence-electron chi connectivity index (χ4n) is 5.24. The van der Waals surface area contributed by atoms with Crippen LogP contribution in [-0.4, -0.2) is 54.9 Å². The van der Waals surface area contributed by atoms with Gasteiger partial charge in [0.2, 0.25) is 18.2 Å². The average molecular weight is 639 g/mol. The van der Waals surface area contributed by atoms with Gasteiger partial charge in [-0.05, 0) is 70.2 Å². The molecule has 0 bridgehead atoms. The van der Waals surface area contributed by atoms with Crippen molar-refractivity contribution in [2.24, 2.45) is 5.41 Å². The lowest BCUT2D eigenvalue weighted by molar-refractivity contribution is -0.158. The van der Waals surface area contributed by atoms with Crippen LogP contribution in [0.15, 0.2) is 49.6 Å². The Morgan fingerprint density at radius 1 is 0.689 bits per heavy atom. The van der Waals surface area contributed by atoms with E-state index in [4.69, 9.17) is 14.2 Å². The first-order chi connectivity index (χ1) is 21.0. The molecule has 0 aliphatic rings. The quantitative estimate of drug-likeness (QED) is 0.0856. The number of hydrogen-bond donors (Lipinski definition) is 0. The molecule has 2 aromatic carbocycles. The molecule has 0 saturated carbocycles. The van der Waals surface area contributed by atoms with Gasteiger partial charge in [-0.1, -0.05) is 55.5 Å². The third-order valence-electron chi connectivity index (χ3n) is 7.73. The lowest BCUT2D eigenvalue weighted by atomic mass is 9.88. The van der Waals surface area contributed by atoms with Crippen LogP contribution in [0, 0.1) is 47.0 Å². The van der Waals surface area contributed by atoms with Gasteiger partial charge in [-0.25, -0.2) is 9.59 Å². The van der Waals surface area contributed by atoms with Crippen LogP contribution >= 0.6 is 7.14 Å². The predicted molar refractivity (Wildman–Crippen MR) is 173 cm³/mol. The number of aryl methyl sites for hydroxylation is 6. The topological polar surface area (TPSA) is 130 Å². The summed E-state index contributed by atoms with van der Waals surface area (Å²) in [5, 5.41) is 0. The molecule has 0 aliphatic heterocycles. The Morgan fingerprint density at radius 2 is 1.04 bits per heavy atom. The highest BCUT2D eigenvalue weighted by molar-refractivity contribution is 7.95. The fraction of sp³-hybridized carbons (Fsp3) is 0.400. The Balaban J connectivity index is 2.44.